The summed E-state index contributed by atoms with van der Waals surface area (Å²) < 4.78 is 26.1. The zero-order valence-electron chi connectivity index (χ0n) is 28.7. The minimum atomic E-state index is 0.150. The molecule has 8 heteroatoms. The van der Waals surface area contributed by atoms with Crippen LogP contribution in [-0.4, -0.2) is 77.5 Å². The Labute approximate surface area is 269 Å². The van der Waals surface area contributed by atoms with E-state index in [0.717, 1.165) is 90.8 Å². The summed E-state index contributed by atoms with van der Waals surface area (Å²) >= 11 is 0. The van der Waals surface area contributed by atoms with E-state index in [9.17, 15) is 0 Å². The van der Waals surface area contributed by atoms with E-state index in [4.69, 9.17) is 41.9 Å². The van der Waals surface area contributed by atoms with Crippen LogP contribution in [0.4, 0.5) is 0 Å². The van der Waals surface area contributed by atoms with E-state index in [1.54, 1.807) is 0 Å². The first-order valence-electron chi connectivity index (χ1n) is 18.6. The number of fused-ring (bicyclic) bond motifs is 5. The van der Waals surface area contributed by atoms with Crippen molar-refractivity contribution < 1.29 is 18.9 Å². The van der Waals surface area contributed by atoms with E-state index in [1.165, 1.54) is 25.7 Å². The van der Waals surface area contributed by atoms with Crippen molar-refractivity contribution in [1.29, 1.82) is 0 Å². The second kappa shape index (κ2) is 17.7. The zero-order chi connectivity index (χ0) is 31.6. The van der Waals surface area contributed by atoms with Gasteiger partial charge in [0, 0.05) is 38.4 Å². The van der Waals surface area contributed by atoms with Crippen LogP contribution in [0.5, 0.6) is 0 Å². The van der Waals surface area contributed by atoms with Crippen LogP contribution in [0.25, 0.3) is 0 Å². The molecule has 4 aliphatic rings. The first-order chi connectivity index (χ1) is 21.3. The largest absolute Gasteiger partial charge is 0.381 e. The lowest BCUT2D eigenvalue weighted by atomic mass is 9.43. The van der Waals surface area contributed by atoms with Crippen LogP contribution in [0.3, 0.4) is 0 Å². The zero-order valence-corrected chi connectivity index (χ0v) is 28.7. The minimum absolute atomic E-state index is 0.150. The molecule has 4 fully saturated rings. The highest BCUT2D eigenvalue weighted by atomic mass is 16.5. The van der Waals surface area contributed by atoms with Gasteiger partial charge in [0.25, 0.3) is 0 Å². The van der Waals surface area contributed by atoms with Gasteiger partial charge < -0.3 is 41.9 Å². The number of ether oxygens (including phenoxy) is 4. The van der Waals surface area contributed by atoms with Gasteiger partial charge in [-0.05, 0) is 151 Å². The Hall–Kier alpha value is -0.320. The Kier molecular flexibility index (Phi) is 14.7. The molecule has 0 radical (unpaired) electrons. The Bertz CT molecular complexity index is 821. The molecule has 8 N–H and O–H groups in total. The Morgan fingerprint density at radius 1 is 0.682 bits per heavy atom. The van der Waals surface area contributed by atoms with E-state index in [1.807, 2.05) is 0 Å². The van der Waals surface area contributed by atoms with Gasteiger partial charge in [0.05, 0.1) is 18.3 Å². The van der Waals surface area contributed by atoms with Crippen LogP contribution in [0.2, 0.25) is 0 Å². The van der Waals surface area contributed by atoms with Crippen molar-refractivity contribution in [2.75, 3.05) is 59.2 Å². The number of hydrogen-bond acceptors (Lipinski definition) is 8. The summed E-state index contributed by atoms with van der Waals surface area (Å²) in [6.45, 7) is 14.4. The molecule has 0 aliphatic heterocycles. The van der Waals surface area contributed by atoms with Gasteiger partial charge in [-0.2, -0.15) is 0 Å². The maximum atomic E-state index is 6.97. The Morgan fingerprint density at radius 2 is 1.32 bits per heavy atom. The lowest BCUT2D eigenvalue weighted by Gasteiger charge is -2.65. The molecule has 0 saturated heterocycles. The molecule has 0 aromatic rings. The lowest BCUT2D eigenvalue weighted by Crippen LogP contribution is -2.63. The van der Waals surface area contributed by atoms with E-state index in [-0.39, 0.29) is 11.5 Å². The molecular formula is C36H70N4O4. The summed E-state index contributed by atoms with van der Waals surface area (Å²) in [6.07, 6.45) is 15.4. The molecule has 0 aromatic carbocycles. The van der Waals surface area contributed by atoms with Gasteiger partial charge in [0.15, 0.2) is 0 Å². The van der Waals surface area contributed by atoms with Crippen LogP contribution in [0, 0.1) is 46.3 Å². The molecule has 0 heterocycles. The average molecular weight is 623 g/mol. The van der Waals surface area contributed by atoms with Crippen molar-refractivity contribution in [2.24, 2.45) is 69.3 Å². The molecule has 0 amide bonds. The molecule has 4 rings (SSSR count). The third-order valence-electron chi connectivity index (χ3n) is 12.9. The van der Waals surface area contributed by atoms with Gasteiger partial charge in [-0.15, -0.1) is 0 Å². The van der Waals surface area contributed by atoms with Gasteiger partial charge in [0.1, 0.15) is 0 Å². The Morgan fingerprint density at radius 3 is 2.02 bits per heavy atom. The van der Waals surface area contributed by atoms with Gasteiger partial charge in [-0.1, -0.05) is 20.8 Å². The van der Waals surface area contributed by atoms with Crippen LogP contribution < -0.4 is 22.9 Å². The quantitative estimate of drug-likeness (QED) is 0.141. The van der Waals surface area contributed by atoms with Crippen molar-refractivity contribution in [2.45, 2.75) is 123 Å². The minimum Gasteiger partial charge on any atom is -0.381 e. The fraction of sp³-hybridized carbons (Fsp3) is 1.00. The number of rotatable bonds is 20. The molecule has 0 aromatic heterocycles. The summed E-state index contributed by atoms with van der Waals surface area (Å²) in [6, 6.07) is 0. The summed E-state index contributed by atoms with van der Waals surface area (Å²) in [4.78, 5) is 0. The third-order valence-corrected chi connectivity index (χ3v) is 12.9. The van der Waals surface area contributed by atoms with Gasteiger partial charge in [0.2, 0.25) is 0 Å². The van der Waals surface area contributed by atoms with E-state index >= 15 is 0 Å². The molecule has 11 atom stereocenters. The summed E-state index contributed by atoms with van der Waals surface area (Å²) in [7, 11) is 0. The number of nitrogens with two attached hydrogens (primary N) is 4. The molecule has 3 unspecified atom stereocenters. The number of hydrogen-bond donors (Lipinski definition) is 4. The molecule has 4 aliphatic carbocycles. The monoisotopic (exact) mass is 623 g/mol. The highest BCUT2D eigenvalue weighted by Crippen LogP contribution is 2.69. The maximum absolute atomic E-state index is 6.97. The molecule has 4 saturated carbocycles. The highest BCUT2D eigenvalue weighted by Gasteiger charge is 2.66. The van der Waals surface area contributed by atoms with E-state index in [2.05, 4.69) is 20.8 Å². The first kappa shape index (κ1) is 36.5. The SMILES string of the molecule is CC(CCCOCCCN)C1CC[C@H]2C3[C@H](OCCCN)C[C@H]4C[C@H](OCCCN)CC[C@]4(C)[C@H]3C[C@H](OCCCN)[C@]12C. The fourth-order valence-corrected chi connectivity index (χ4v) is 10.6. The predicted octanol–water partition coefficient (Wildman–Crippen LogP) is 4.85. The van der Waals surface area contributed by atoms with Crippen molar-refractivity contribution >= 4 is 0 Å². The first-order valence-corrected chi connectivity index (χ1v) is 18.6. The summed E-state index contributed by atoms with van der Waals surface area (Å²) in [5.74, 6) is 3.73. The molecule has 0 spiro atoms. The van der Waals surface area contributed by atoms with Crippen LogP contribution in [0.1, 0.15) is 104 Å². The lowest BCUT2D eigenvalue weighted by molar-refractivity contribution is -0.227. The maximum Gasteiger partial charge on any atom is 0.0637 e. The Balaban J connectivity index is 1.57. The standard InChI is InChI=1S/C36H70N4O4/c1-26(9-4-18-41-19-5-14-37)29-10-11-30-34-31(25-33(36(29,30)3)44-22-8-17-40)35(2)13-12-28(42-20-6-15-38)23-27(35)24-32(34)43-21-7-16-39/h26-34H,4-25,37-40H2,1-3H3/t26?,27-,28-,29?,30+,31+,32-,33+,34?,35+,36-/m1/s1. The average Bonchev–Trinajstić information content (AvgIpc) is 3.38. The van der Waals surface area contributed by atoms with Crippen molar-refractivity contribution in [3.05, 3.63) is 0 Å². The van der Waals surface area contributed by atoms with Crippen LogP contribution in [0.15, 0.2) is 0 Å². The van der Waals surface area contributed by atoms with Crippen molar-refractivity contribution in [3.8, 4) is 0 Å². The molecule has 0 bridgehead atoms. The van der Waals surface area contributed by atoms with E-state index in [0.29, 0.717) is 79.3 Å². The van der Waals surface area contributed by atoms with Crippen LogP contribution >= 0.6 is 0 Å². The third kappa shape index (κ3) is 8.21. The molecule has 44 heavy (non-hydrogen) atoms. The summed E-state index contributed by atoms with van der Waals surface area (Å²) in [5, 5.41) is 0. The summed E-state index contributed by atoms with van der Waals surface area (Å²) in [5.41, 5.74) is 23.8. The van der Waals surface area contributed by atoms with Crippen LogP contribution in [-0.2, 0) is 18.9 Å². The van der Waals surface area contributed by atoms with Gasteiger partial charge in [-0.25, -0.2) is 0 Å². The molecule has 258 valence electrons. The topological polar surface area (TPSA) is 141 Å². The van der Waals surface area contributed by atoms with Crippen molar-refractivity contribution in [3.63, 3.8) is 0 Å². The van der Waals surface area contributed by atoms with Crippen molar-refractivity contribution in [1.82, 2.24) is 0 Å². The van der Waals surface area contributed by atoms with E-state index < -0.39 is 0 Å². The smallest absolute Gasteiger partial charge is 0.0637 e. The highest BCUT2D eigenvalue weighted by molar-refractivity contribution is 5.15. The second-order valence-electron chi connectivity index (χ2n) is 15.4. The van der Waals surface area contributed by atoms with Gasteiger partial charge >= 0.3 is 0 Å². The molecule has 8 nitrogen and oxygen atoms in total. The predicted molar refractivity (Wildman–Crippen MR) is 179 cm³/mol. The normalized spacial score (nSPS) is 39.1. The molecular weight excluding hydrogens is 552 g/mol. The second-order valence-corrected chi connectivity index (χ2v) is 15.4. The fourth-order valence-electron chi connectivity index (χ4n) is 10.6. The van der Waals surface area contributed by atoms with Gasteiger partial charge in [-0.3, -0.25) is 0 Å².